The smallest absolute Gasteiger partial charge is 0.0737 e. The molecule has 0 aliphatic rings. The predicted molar refractivity (Wildman–Crippen MR) is 92.5 cm³/mol. The van der Waals surface area contributed by atoms with Crippen molar-refractivity contribution < 1.29 is 0 Å². The Bertz CT molecular complexity index is 648. The van der Waals surface area contributed by atoms with Crippen LogP contribution in [0, 0.1) is 0 Å². The van der Waals surface area contributed by atoms with Gasteiger partial charge in [-0.15, -0.1) is 11.8 Å². The van der Waals surface area contributed by atoms with E-state index in [9.17, 15) is 0 Å². The van der Waals surface area contributed by atoms with Crippen molar-refractivity contribution in [3.05, 3.63) is 73.1 Å². The van der Waals surface area contributed by atoms with E-state index in [4.69, 9.17) is 0 Å². The largest absolute Gasteiger partial charge is 0.256 e. The Balaban J connectivity index is 2.07. The van der Waals surface area contributed by atoms with Gasteiger partial charge in [-0.1, -0.05) is 24.3 Å². The van der Waals surface area contributed by atoms with Crippen molar-refractivity contribution in [3.8, 4) is 0 Å². The molecule has 4 heteroatoms. The summed E-state index contributed by atoms with van der Waals surface area (Å²) in [5.74, 6) is 0. The summed E-state index contributed by atoms with van der Waals surface area (Å²) in [6.07, 6.45) is 5.79. The van der Waals surface area contributed by atoms with Crippen LogP contribution in [0.3, 0.4) is 0 Å². The van der Waals surface area contributed by atoms with E-state index in [0.29, 0.717) is 0 Å². The maximum Gasteiger partial charge on any atom is 0.0737 e. The van der Waals surface area contributed by atoms with Gasteiger partial charge in [0.15, 0.2) is 0 Å². The molecule has 0 N–H and O–H groups in total. The summed E-state index contributed by atoms with van der Waals surface area (Å²) < 4.78 is 0. The van der Waals surface area contributed by atoms with Crippen molar-refractivity contribution in [3.63, 3.8) is 0 Å². The highest BCUT2D eigenvalue weighted by atomic mass is 32.2. The van der Waals surface area contributed by atoms with E-state index in [0.717, 1.165) is 10.9 Å². The van der Waals surface area contributed by atoms with E-state index >= 15 is 0 Å². The number of aromatic nitrogens is 2. The van der Waals surface area contributed by atoms with Gasteiger partial charge in [0, 0.05) is 25.2 Å². The molecular weight excluding hydrogens is 295 g/mol. The zero-order valence-corrected chi connectivity index (χ0v) is 13.4. The van der Waals surface area contributed by atoms with Gasteiger partial charge in [-0.05, 0) is 48.0 Å². The summed E-state index contributed by atoms with van der Waals surface area (Å²) in [5.41, 5.74) is 2.17. The van der Waals surface area contributed by atoms with E-state index in [2.05, 4.69) is 52.6 Å². The first-order valence-corrected chi connectivity index (χ1v) is 9.21. The molecule has 2 heterocycles. The van der Waals surface area contributed by atoms with E-state index in [1.165, 1.54) is 10.2 Å². The molecule has 0 unspecified atom stereocenters. The normalized spacial score (nSPS) is 10.8. The molecule has 2 nitrogen and oxygen atoms in total. The highest BCUT2D eigenvalue weighted by Crippen LogP contribution is 2.31. The maximum absolute atomic E-state index is 4.56. The predicted octanol–water partition coefficient (Wildman–Crippen LogP) is 2.96. The highest BCUT2D eigenvalue weighted by Gasteiger charge is 2.18. The molecule has 21 heavy (non-hydrogen) atoms. The Morgan fingerprint density at radius 1 is 0.762 bits per heavy atom. The average Bonchev–Trinajstić information content (AvgIpc) is 2.58. The summed E-state index contributed by atoms with van der Waals surface area (Å²) >= 11 is 1.76. The Morgan fingerprint density at radius 2 is 1.33 bits per heavy atom. The standard InChI is InChI=1S/C17H15N2PS/c1-21-15-10-8-14(9-11-15)20(16-6-2-4-12-18-16)17-7-3-5-13-19-17/h2-13H,1H3. The fraction of sp³-hybridized carbons (Fsp3) is 0.0588. The number of rotatable bonds is 4. The summed E-state index contributed by atoms with van der Waals surface area (Å²) in [6, 6.07) is 20.9. The summed E-state index contributed by atoms with van der Waals surface area (Å²) in [7, 11) is -0.695. The monoisotopic (exact) mass is 310 g/mol. The van der Waals surface area contributed by atoms with Crippen molar-refractivity contribution in [2.75, 3.05) is 6.26 Å². The number of benzene rings is 1. The highest BCUT2D eigenvalue weighted by molar-refractivity contribution is 7.98. The first-order valence-electron chi connectivity index (χ1n) is 6.65. The lowest BCUT2D eigenvalue weighted by Gasteiger charge is -2.17. The Labute approximate surface area is 130 Å². The minimum absolute atomic E-state index is 0.695. The topological polar surface area (TPSA) is 25.8 Å². The van der Waals surface area contributed by atoms with Crippen LogP contribution >= 0.6 is 19.7 Å². The van der Waals surface area contributed by atoms with E-state index in [1.54, 1.807) is 11.8 Å². The second kappa shape index (κ2) is 6.84. The zero-order chi connectivity index (χ0) is 14.5. The van der Waals surface area contributed by atoms with Crippen LogP contribution in [0.15, 0.2) is 78.0 Å². The van der Waals surface area contributed by atoms with Crippen molar-refractivity contribution in [1.29, 1.82) is 0 Å². The molecule has 1 aromatic carbocycles. The average molecular weight is 310 g/mol. The first-order chi connectivity index (χ1) is 10.4. The molecule has 0 aliphatic heterocycles. The van der Waals surface area contributed by atoms with Gasteiger partial charge in [0.25, 0.3) is 0 Å². The molecule has 0 saturated heterocycles. The molecule has 0 amide bonds. The Hall–Kier alpha value is -1.70. The van der Waals surface area contributed by atoms with Gasteiger partial charge in [-0.2, -0.15) is 0 Å². The van der Waals surface area contributed by atoms with Crippen LogP contribution < -0.4 is 16.2 Å². The number of thioether (sulfide) groups is 1. The van der Waals surface area contributed by atoms with E-state index < -0.39 is 7.92 Å². The number of hydrogen-bond acceptors (Lipinski definition) is 3. The van der Waals surface area contributed by atoms with Crippen molar-refractivity contribution in [1.82, 2.24) is 9.97 Å². The summed E-state index contributed by atoms with van der Waals surface area (Å²) in [5, 5.41) is 1.28. The molecule has 3 aromatic rings. The molecular formula is C17H15N2PS. The van der Waals surface area contributed by atoms with E-state index in [1.807, 2.05) is 36.7 Å². The lowest BCUT2D eigenvalue weighted by Crippen LogP contribution is -2.24. The third kappa shape index (κ3) is 3.31. The second-order valence-corrected chi connectivity index (χ2v) is 7.39. The number of hydrogen-bond donors (Lipinski definition) is 0. The van der Waals surface area contributed by atoms with Crippen LogP contribution in [0.25, 0.3) is 0 Å². The molecule has 0 bridgehead atoms. The molecule has 0 saturated carbocycles. The maximum atomic E-state index is 4.56. The summed E-state index contributed by atoms with van der Waals surface area (Å²) in [6.45, 7) is 0. The first kappa shape index (κ1) is 14.2. The van der Waals surface area contributed by atoms with Crippen molar-refractivity contribution >= 4 is 35.9 Å². The molecule has 0 spiro atoms. The van der Waals surface area contributed by atoms with Gasteiger partial charge in [-0.25, -0.2) is 0 Å². The van der Waals surface area contributed by atoms with Crippen LogP contribution in [-0.2, 0) is 0 Å². The molecule has 2 aromatic heterocycles. The van der Waals surface area contributed by atoms with Crippen LogP contribution in [0.5, 0.6) is 0 Å². The molecule has 3 rings (SSSR count). The van der Waals surface area contributed by atoms with Crippen molar-refractivity contribution in [2.24, 2.45) is 0 Å². The molecule has 0 aliphatic carbocycles. The molecule has 104 valence electrons. The van der Waals surface area contributed by atoms with Gasteiger partial charge in [0.2, 0.25) is 0 Å². The third-order valence-corrected chi connectivity index (χ3v) is 6.09. The summed E-state index contributed by atoms with van der Waals surface area (Å²) in [4.78, 5) is 10.4. The fourth-order valence-corrected chi connectivity index (χ4v) is 4.54. The van der Waals surface area contributed by atoms with Crippen LogP contribution in [-0.4, -0.2) is 16.2 Å². The SMILES string of the molecule is CSc1ccc(P(c2ccccn2)c2ccccn2)cc1. The second-order valence-electron chi connectivity index (χ2n) is 4.41. The number of nitrogens with zero attached hydrogens (tertiary/aromatic N) is 2. The third-order valence-electron chi connectivity index (χ3n) is 3.09. The minimum atomic E-state index is -0.695. The molecule has 0 atom stereocenters. The molecule has 0 fully saturated rings. The van der Waals surface area contributed by atoms with E-state index in [-0.39, 0.29) is 0 Å². The van der Waals surface area contributed by atoms with Gasteiger partial charge in [-0.3, -0.25) is 9.97 Å². The van der Waals surface area contributed by atoms with Gasteiger partial charge in [0.1, 0.15) is 0 Å². The quantitative estimate of drug-likeness (QED) is 0.547. The Morgan fingerprint density at radius 3 is 1.76 bits per heavy atom. The minimum Gasteiger partial charge on any atom is -0.256 e. The number of pyridine rings is 2. The van der Waals surface area contributed by atoms with Gasteiger partial charge < -0.3 is 0 Å². The van der Waals surface area contributed by atoms with Crippen LogP contribution in [0.1, 0.15) is 0 Å². The Kier molecular flexibility index (Phi) is 4.64. The van der Waals surface area contributed by atoms with Gasteiger partial charge in [0.05, 0.1) is 10.9 Å². The fourth-order valence-electron chi connectivity index (χ4n) is 2.09. The zero-order valence-electron chi connectivity index (χ0n) is 11.7. The lowest BCUT2D eigenvalue weighted by atomic mass is 10.4. The van der Waals surface area contributed by atoms with Crippen LogP contribution in [0.4, 0.5) is 0 Å². The van der Waals surface area contributed by atoms with Gasteiger partial charge >= 0.3 is 0 Å². The van der Waals surface area contributed by atoms with Crippen LogP contribution in [0.2, 0.25) is 0 Å². The molecule has 0 radical (unpaired) electrons. The lowest BCUT2D eigenvalue weighted by molar-refractivity contribution is 1.37. The van der Waals surface area contributed by atoms with Crippen molar-refractivity contribution in [2.45, 2.75) is 4.90 Å².